The van der Waals surface area contributed by atoms with Crippen LogP contribution >= 0.6 is 23.2 Å². The minimum atomic E-state index is -1.23. The fraction of sp³-hybridized carbons (Fsp3) is 0.375. The molecule has 186 valence electrons. The lowest BCUT2D eigenvalue weighted by Gasteiger charge is -2.39. The third-order valence-electron chi connectivity index (χ3n) is 6.53. The van der Waals surface area contributed by atoms with Crippen LogP contribution < -0.4 is 5.32 Å². The molecule has 2 aromatic heterocycles. The predicted molar refractivity (Wildman–Crippen MR) is 130 cm³/mol. The van der Waals surface area contributed by atoms with E-state index < -0.39 is 23.0 Å². The predicted octanol–water partition coefficient (Wildman–Crippen LogP) is 5.66. The quantitative estimate of drug-likeness (QED) is 0.370. The Hall–Kier alpha value is -2.75. The lowest BCUT2D eigenvalue weighted by atomic mass is 9.74. The van der Waals surface area contributed by atoms with Crippen molar-refractivity contribution >= 4 is 40.8 Å². The summed E-state index contributed by atoms with van der Waals surface area (Å²) in [5.74, 6) is -1.43. The van der Waals surface area contributed by atoms with Crippen LogP contribution in [0.15, 0.2) is 24.3 Å². The summed E-state index contributed by atoms with van der Waals surface area (Å²) in [5, 5.41) is 20.0. The number of piperidine rings is 1. The third-order valence-corrected chi connectivity index (χ3v) is 7.27. The normalized spacial score (nSPS) is 15.8. The van der Waals surface area contributed by atoms with E-state index in [1.807, 2.05) is 11.8 Å². The number of pyridine rings is 1. The van der Waals surface area contributed by atoms with Gasteiger partial charge in [-0.25, -0.2) is 13.8 Å². The van der Waals surface area contributed by atoms with Crippen LogP contribution in [0.4, 0.5) is 20.4 Å². The van der Waals surface area contributed by atoms with Crippen molar-refractivity contribution < 1.29 is 18.7 Å². The summed E-state index contributed by atoms with van der Waals surface area (Å²) in [6, 6.07) is 6.58. The maximum atomic E-state index is 15.1. The molecule has 11 heteroatoms. The second-order valence-electron chi connectivity index (χ2n) is 8.97. The van der Waals surface area contributed by atoms with Gasteiger partial charge in [-0.3, -0.25) is 14.8 Å². The number of carboxylic acids is 1. The van der Waals surface area contributed by atoms with E-state index in [2.05, 4.69) is 20.5 Å². The Labute approximate surface area is 211 Å². The van der Waals surface area contributed by atoms with Crippen LogP contribution in [0, 0.1) is 30.9 Å². The van der Waals surface area contributed by atoms with Crippen LogP contribution in [0.25, 0.3) is 0 Å². The molecular formula is C24H25Cl2F2N5O2. The first-order valence-electron chi connectivity index (χ1n) is 11.1. The number of rotatable bonds is 7. The van der Waals surface area contributed by atoms with Gasteiger partial charge in [-0.05, 0) is 45.8 Å². The van der Waals surface area contributed by atoms with Gasteiger partial charge < -0.3 is 10.4 Å². The monoisotopic (exact) mass is 523 g/mol. The number of nitrogens with one attached hydrogen (secondary N) is 2. The maximum Gasteiger partial charge on any atom is 0.310 e. The summed E-state index contributed by atoms with van der Waals surface area (Å²) >= 11 is 12.1. The molecule has 0 unspecified atom stereocenters. The molecule has 0 atom stereocenters. The molecule has 3 N–H and O–H groups in total. The second-order valence-corrected chi connectivity index (χ2v) is 9.76. The van der Waals surface area contributed by atoms with Gasteiger partial charge in [-0.15, -0.1) is 0 Å². The van der Waals surface area contributed by atoms with Gasteiger partial charge in [-0.2, -0.15) is 5.10 Å². The average molecular weight is 524 g/mol. The van der Waals surface area contributed by atoms with E-state index in [-0.39, 0.29) is 35.0 Å². The summed E-state index contributed by atoms with van der Waals surface area (Å²) < 4.78 is 29.4. The molecule has 35 heavy (non-hydrogen) atoms. The molecule has 0 aliphatic carbocycles. The van der Waals surface area contributed by atoms with Crippen LogP contribution in [-0.2, 0) is 17.8 Å². The van der Waals surface area contributed by atoms with E-state index in [0.29, 0.717) is 42.4 Å². The molecule has 3 heterocycles. The second kappa shape index (κ2) is 10.1. The van der Waals surface area contributed by atoms with Gasteiger partial charge in [0.2, 0.25) is 0 Å². The van der Waals surface area contributed by atoms with Gasteiger partial charge >= 0.3 is 5.97 Å². The Bertz CT molecular complexity index is 1260. The van der Waals surface area contributed by atoms with Gasteiger partial charge in [0.25, 0.3) is 0 Å². The van der Waals surface area contributed by atoms with Crippen LogP contribution in [0.2, 0.25) is 10.0 Å². The number of aromatic amines is 1. The van der Waals surface area contributed by atoms with E-state index >= 15 is 4.39 Å². The number of hydrogen-bond acceptors (Lipinski definition) is 5. The fourth-order valence-corrected chi connectivity index (χ4v) is 4.74. The van der Waals surface area contributed by atoms with Gasteiger partial charge in [0.05, 0.1) is 21.2 Å². The Morgan fingerprint density at radius 1 is 1.23 bits per heavy atom. The molecule has 7 nitrogen and oxygen atoms in total. The summed E-state index contributed by atoms with van der Waals surface area (Å²) in [4.78, 5) is 18.7. The molecule has 0 amide bonds. The molecule has 1 saturated heterocycles. The number of hydrogen-bond donors (Lipinski definition) is 3. The van der Waals surface area contributed by atoms with Crippen LogP contribution in [0.3, 0.4) is 0 Å². The van der Waals surface area contributed by atoms with Crippen molar-refractivity contribution in [3.05, 3.63) is 68.5 Å². The molecule has 0 spiro atoms. The highest BCUT2D eigenvalue weighted by Crippen LogP contribution is 2.39. The van der Waals surface area contributed by atoms with Crippen LogP contribution in [-0.4, -0.2) is 44.2 Å². The number of aromatic nitrogens is 3. The van der Waals surface area contributed by atoms with Crippen molar-refractivity contribution in [2.45, 2.75) is 39.7 Å². The van der Waals surface area contributed by atoms with Crippen molar-refractivity contribution in [2.24, 2.45) is 5.41 Å². The summed E-state index contributed by atoms with van der Waals surface area (Å²) in [6.07, 6.45) is 0.374. The molecule has 1 aromatic carbocycles. The summed E-state index contributed by atoms with van der Waals surface area (Å²) in [5.41, 5.74) is 0.426. The average Bonchev–Trinajstić information content (AvgIpc) is 3.24. The highest BCUT2D eigenvalue weighted by molar-refractivity contribution is 6.32. The zero-order chi connectivity index (χ0) is 25.3. The van der Waals surface area contributed by atoms with Crippen molar-refractivity contribution in [3.8, 4) is 0 Å². The zero-order valence-electron chi connectivity index (χ0n) is 19.3. The van der Waals surface area contributed by atoms with Crippen LogP contribution in [0.5, 0.6) is 0 Å². The van der Waals surface area contributed by atoms with E-state index in [4.69, 9.17) is 23.2 Å². The largest absolute Gasteiger partial charge is 0.481 e. The van der Waals surface area contributed by atoms with Gasteiger partial charge in [0.15, 0.2) is 11.6 Å². The number of benzene rings is 1. The Morgan fingerprint density at radius 2 is 1.94 bits per heavy atom. The molecule has 0 bridgehead atoms. The first-order valence-corrected chi connectivity index (χ1v) is 11.9. The molecular weight excluding hydrogens is 499 g/mol. The Kier molecular flexibility index (Phi) is 7.30. The van der Waals surface area contributed by atoms with E-state index in [1.165, 1.54) is 6.07 Å². The minimum absolute atomic E-state index is 0.0212. The lowest BCUT2D eigenvalue weighted by Crippen LogP contribution is -2.45. The summed E-state index contributed by atoms with van der Waals surface area (Å²) in [6.45, 7) is 4.58. The molecule has 0 radical (unpaired) electrons. The van der Waals surface area contributed by atoms with E-state index in [1.54, 1.807) is 25.1 Å². The highest BCUT2D eigenvalue weighted by atomic mass is 35.5. The lowest BCUT2D eigenvalue weighted by molar-refractivity contribution is -0.152. The molecule has 0 saturated carbocycles. The number of carbonyl (C=O) groups is 1. The van der Waals surface area contributed by atoms with Crippen molar-refractivity contribution in [1.82, 2.24) is 20.1 Å². The number of aliphatic carboxylic acids is 1. The van der Waals surface area contributed by atoms with Gasteiger partial charge in [-0.1, -0.05) is 35.3 Å². The van der Waals surface area contributed by atoms with E-state index in [0.717, 1.165) is 5.69 Å². The van der Waals surface area contributed by atoms with Crippen molar-refractivity contribution in [1.29, 1.82) is 0 Å². The molecule has 1 aliphatic rings. The van der Waals surface area contributed by atoms with E-state index in [9.17, 15) is 14.3 Å². The molecule has 3 aromatic rings. The van der Waals surface area contributed by atoms with Gasteiger partial charge in [0.1, 0.15) is 11.6 Å². The van der Waals surface area contributed by atoms with Crippen LogP contribution in [0.1, 0.15) is 35.4 Å². The smallest absolute Gasteiger partial charge is 0.310 e. The standard InChI is InChI=1S/C24H25Cl2F2N5O2/c1-13-10-18(32-31-13)30-22-14(2)19(26)21(28)17(29-22)11-24(23(34)35)6-8-33(9-7-24)12-15-4-3-5-16(25)20(15)27/h3-5,10H,6-9,11-12H2,1-2H3,(H,34,35)(H2,29,30,31,32). The van der Waals surface area contributed by atoms with Crippen molar-refractivity contribution in [2.75, 3.05) is 18.4 Å². The Morgan fingerprint density at radius 3 is 2.57 bits per heavy atom. The number of anilines is 2. The highest BCUT2D eigenvalue weighted by Gasteiger charge is 2.43. The minimum Gasteiger partial charge on any atom is -0.481 e. The number of likely N-dealkylation sites (tertiary alicyclic amines) is 1. The number of halogens is 4. The third kappa shape index (κ3) is 5.27. The van der Waals surface area contributed by atoms with Gasteiger partial charge in [0, 0.05) is 35.9 Å². The van der Waals surface area contributed by atoms with Crippen molar-refractivity contribution in [3.63, 3.8) is 0 Å². The number of nitrogens with zero attached hydrogens (tertiary/aromatic N) is 3. The first-order chi connectivity index (χ1) is 16.6. The molecule has 1 fully saturated rings. The SMILES string of the molecule is Cc1cc(Nc2nc(CC3(C(=O)O)CCN(Cc4cccc(Cl)c4F)CC3)c(F)c(Cl)c2C)n[nH]1. The number of aryl methyl sites for hydroxylation is 1. The fourth-order valence-electron chi connectivity index (χ4n) is 4.34. The topological polar surface area (TPSA) is 94.1 Å². The molecule has 4 rings (SSSR count). The number of H-pyrrole nitrogens is 1. The molecule has 1 aliphatic heterocycles. The maximum absolute atomic E-state index is 15.1. The first kappa shape index (κ1) is 25.3. The number of carboxylic acid groups (broad SMARTS) is 1. The zero-order valence-corrected chi connectivity index (χ0v) is 20.8. The Balaban J connectivity index is 1.54. The summed E-state index contributed by atoms with van der Waals surface area (Å²) in [7, 11) is 0.